The van der Waals surface area contributed by atoms with E-state index in [1.165, 1.54) is 25.4 Å². The van der Waals surface area contributed by atoms with Crippen molar-refractivity contribution < 1.29 is 13.9 Å². The number of nitrogens with zero attached hydrogens (tertiary/aromatic N) is 1. The van der Waals surface area contributed by atoms with Crippen molar-refractivity contribution in [1.82, 2.24) is 4.98 Å². The molecule has 0 saturated heterocycles. The van der Waals surface area contributed by atoms with E-state index in [9.17, 15) is 9.59 Å². The van der Waals surface area contributed by atoms with Crippen molar-refractivity contribution >= 4 is 45.9 Å². The first-order valence-electron chi connectivity index (χ1n) is 6.72. The molecule has 0 saturated carbocycles. The molecule has 2 aromatic heterocycles. The van der Waals surface area contributed by atoms with Gasteiger partial charge in [-0.1, -0.05) is 23.2 Å². The fourth-order valence-corrected chi connectivity index (χ4v) is 2.57. The van der Waals surface area contributed by atoms with Gasteiger partial charge in [0.1, 0.15) is 11.3 Å². The monoisotopic (exact) mass is 364 g/mol. The van der Waals surface area contributed by atoms with Gasteiger partial charge in [0.15, 0.2) is 5.82 Å². The van der Waals surface area contributed by atoms with Crippen LogP contribution < -0.4 is 15.7 Å². The quantitative estimate of drug-likeness (QED) is 0.715. The number of fused-ring (bicyclic) bond motifs is 1. The van der Waals surface area contributed by atoms with Gasteiger partial charge in [-0.25, -0.2) is 9.78 Å². The third-order valence-electron chi connectivity index (χ3n) is 3.24. The fourth-order valence-electron chi connectivity index (χ4n) is 2.14. The number of ether oxygens (including phenoxy) is 1. The van der Waals surface area contributed by atoms with E-state index in [2.05, 4.69) is 10.3 Å². The molecule has 0 radical (unpaired) electrons. The molecule has 0 aliphatic heterocycles. The zero-order valence-corrected chi connectivity index (χ0v) is 13.8. The second kappa shape index (κ2) is 6.51. The summed E-state index contributed by atoms with van der Waals surface area (Å²) in [6.07, 6.45) is 1.35. The van der Waals surface area contributed by atoms with Crippen LogP contribution in [-0.4, -0.2) is 18.0 Å². The normalized spacial score (nSPS) is 10.6. The number of nitrogens with one attached hydrogen (secondary N) is 1. The molecule has 3 rings (SSSR count). The van der Waals surface area contributed by atoms with Crippen LogP contribution in [0.25, 0.3) is 11.0 Å². The smallest absolute Gasteiger partial charge is 0.337 e. The summed E-state index contributed by atoms with van der Waals surface area (Å²) in [5.41, 5.74) is -0.282. The van der Waals surface area contributed by atoms with Crippen LogP contribution in [0, 0.1) is 0 Å². The maximum atomic E-state index is 12.5. The molecular weight excluding hydrogens is 355 g/mol. The minimum absolute atomic E-state index is 0.136. The Kier molecular flexibility index (Phi) is 4.42. The van der Waals surface area contributed by atoms with Gasteiger partial charge in [-0.15, -0.1) is 0 Å². The van der Waals surface area contributed by atoms with Crippen molar-refractivity contribution in [3.63, 3.8) is 0 Å². The molecule has 0 atom stereocenters. The molecule has 0 aliphatic rings. The Bertz CT molecular complexity index is 1000. The molecule has 0 aliphatic carbocycles. The molecule has 2 heterocycles. The minimum Gasteiger partial charge on any atom is -0.497 e. The van der Waals surface area contributed by atoms with Crippen LogP contribution in [0.4, 0.5) is 5.82 Å². The van der Waals surface area contributed by atoms with Crippen LogP contribution in [0.3, 0.4) is 0 Å². The number of methoxy groups -OCH3 is 1. The Morgan fingerprint density at radius 3 is 2.75 bits per heavy atom. The number of pyridine rings is 1. The van der Waals surface area contributed by atoms with Gasteiger partial charge in [0.2, 0.25) is 0 Å². The summed E-state index contributed by atoms with van der Waals surface area (Å²) < 4.78 is 10.2. The molecule has 122 valence electrons. The van der Waals surface area contributed by atoms with Crippen LogP contribution >= 0.6 is 23.2 Å². The van der Waals surface area contributed by atoms with Crippen molar-refractivity contribution in [2.24, 2.45) is 0 Å². The molecule has 0 spiro atoms. The highest BCUT2D eigenvalue weighted by atomic mass is 35.5. The summed E-state index contributed by atoms with van der Waals surface area (Å²) in [6, 6.07) is 7.37. The van der Waals surface area contributed by atoms with Crippen molar-refractivity contribution in [3.05, 3.63) is 62.6 Å². The molecule has 24 heavy (non-hydrogen) atoms. The first kappa shape index (κ1) is 16.3. The number of rotatable bonds is 3. The van der Waals surface area contributed by atoms with Gasteiger partial charge < -0.3 is 14.5 Å². The molecule has 6 nitrogen and oxygen atoms in total. The van der Waals surface area contributed by atoms with Crippen LogP contribution in [0.5, 0.6) is 5.75 Å². The van der Waals surface area contributed by atoms with Crippen molar-refractivity contribution in [3.8, 4) is 5.75 Å². The van der Waals surface area contributed by atoms with Gasteiger partial charge in [0.05, 0.1) is 22.7 Å². The molecule has 0 bridgehead atoms. The van der Waals surface area contributed by atoms with Crippen LogP contribution in [0.15, 0.2) is 45.7 Å². The number of carbonyl (C=O) groups is 1. The van der Waals surface area contributed by atoms with Crippen LogP contribution in [-0.2, 0) is 0 Å². The first-order valence-corrected chi connectivity index (χ1v) is 7.48. The van der Waals surface area contributed by atoms with Gasteiger partial charge in [0.25, 0.3) is 5.91 Å². The van der Waals surface area contributed by atoms with E-state index in [0.29, 0.717) is 16.2 Å². The van der Waals surface area contributed by atoms with Gasteiger partial charge in [-0.2, -0.15) is 0 Å². The zero-order chi connectivity index (χ0) is 17.3. The fraction of sp³-hybridized carbons (Fsp3) is 0.0625. The van der Waals surface area contributed by atoms with E-state index in [4.69, 9.17) is 32.4 Å². The molecule has 0 fully saturated rings. The predicted octanol–water partition coefficient (Wildman–Crippen LogP) is 3.76. The van der Waals surface area contributed by atoms with Crippen molar-refractivity contribution in [2.45, 2.75) is 0 Å². The highest BCUT2D eigenvalue weighted by molar-refractivity contribution is 6.36. The highest BCUT2D eigenvalue weighted by Gasteiger charge is 2.16. The second-order valence-electron chi connectivity index (χ2n) is 4.78. The Balaban J connectivity index is 2.04. The minimum atomic E-state index is -0.656. The van der Waals surface area contributed by atoms with Crippen molar-refractivity contribution in [2.75, 3.05) is 12.4 Å². The number of benzene rings is 1. The first-order chi connectivity index (χ1) is 11.5. The number of halogens is 2. The number of carbonyl (C=O) groups excluding carboxylic acids is 1. The van der Waals surface area contributed by atoms with Gasteiger partial charge in [-0.05, 0) is 18.2 Å². The average molecular weight is 365 g/mol. The van der Waals surface area contributed by atoms with E-state index >= 15 is 0 Å². The zero-order valence-electron chi connectivity index (χ0n) is 12.3. The Morgan fingerprint density at radius 2 is 2.04 bits per heavy atom. The number of amides is 1. The van der Waals surface area contributed by atoms with Gasteiger partial charge >= 0.3 is 5.63 Å². The molecule has 0 unspecified atom stereocenters. The lowest BCUT2D eigenvalue weighted by atomic mass is 10.1. The van der Waals surface area contributed by atoms with E-state index in [1.807, 2.05) is 0 Å². The third kappa shape index (κ3) is 3.20. The van der Waals surface area contributed by atoms with Crippen molar-refractivity contribution in [1.29, 1.82) is 0 Å². The molecule has 3 aromatic rings. The maximum absolute atomic E-state index is 12.5. The molecule has 1 N–H and O–H groups in total. The summed E-state index contributed by atoms with van der Waals surface area (Å²) in [5.74, 6) is 0.0985. The maximum Gasteiger partial charge on any atom is 0.337 e. The van der Waals surface area contributed by atoms with E-state index in [-0.39, 0.29) is 22.0 Å². The SMILES string of the molecule is COc1ccc2c(C(=O)Nc3ncc(Cl)cc3Cl)cc(=O)oc2c1. The molecular formula is C16H10Cl2N2O4. The Morgan fingerprint density at radius 1 is 1.25 bits per heavy atom. The lowest BCUT2D eigenvalue weighted by Gasteiger charge is -2.09. The van der Waals surface area contributed by atoms with E-state index < -0.39 is 11.5 Å². The third-order valence-corrected chi connectivity index (χ3v) is 3.73. The largest absolute Gasteiger partial charge is 0.497 e. The van der Waals surface area contributed by atoms with Crippen LogP contribution in [0.2, 0.25) is 10.0 Å². The second-order valence-corrected chi connectivity index (χ2v) is 5.62. The predicted molar refractivity (Wildman–Crippen MR) is 91.2 cm³/mol. The van der Waals surface area contributed by atoms with Gasteiger partial charge in [0, 0.05) is 23.7 Å². The summed E-state index contributed by atoms with van der Waals surface area (Å²) >= 11 is 11.8. The number of anilines is 1. The lowest BCUT2D eigenvalue weighted by molar-refractivity contribution is 0.102. The summed E-state index contributed by atoms with van der Waals surface area (Å²) in [4.78, 5) is 28.2. The van der Waals surface area contributed by atoms with E-state index in [1.54, 1.807) is 12.1 Å². The number of hydrogen-bond acceptors (Lipinski definition) is 5. The Hall–Kier alpha value is -2.57. The molecule has 1 aromatic carbocycles. The van der Waals surface area contributed by atoms with Crippen LogP contribution in [0.1, 0.15) is 10.4 Å². The average Bonchev–Trinajstić information content (AvgIpc) is 2.55. The lowest BCUT2D eigenvalue weighted by Crippen LogP contribution is -2.16. The summed E-state index contributed by atoms with van der Waals surface area (Å²) in [5, 5.41) is 3.53. The summed E-state index contributed by atoms with van der Waals surface area (Å²) in [6.45, 7) is 0. The van der Waals surface area contributed by atoms with Gasteiger partial charge in [-0.3, -0.25) is 4.79 Å². The standard InChI is InChI=1S/C16H10Cl2N2O4/c1-23-9-2-3-10-11(6-14(21)24-13(10)5-9)16(22)20-15-12(18)4-8(17)7-19-15/h2-7H,1H3,(H,19,20,22). The molecule has 8 heteroatoms. The Labute approximate surface area is 146 Å². The topological polar surface area (TPSA) is 81.4 Å². The van der Waals surface area contributed by atoms with E-state index in [0.717, 1.165) is 6.07 Å². The highest BCUT2D eigenvalue weighted by Crippen LogP contribution is 2.25. The number of aromatic nitrogens is 1. The molecule has 1 amide bonds. The number of hydrogen-bond donors (Lipinski definition) is 1. The summed E-state index contributed by atoms with van der Waals surface area (Å²) in [7, 11) is 1.49.